The molecule has 1 saturated heterocycles. The fourth-order valence-corrected chi connectivity index (χ4v) is 4.24. The van der Waals surface area contributed by atoms with Gasteiger partial charge in [0, 0.05) is 29.4 Å². The first-order valence-corrected chi connectivity index (χ1v) is 9.53. The molecule has 12 heteroatoms. The largest absolute Gasteiger partial charge is 0.379 e. The van der Waals surface area contributed by atoms with Crippen molar-refractivity contribution in [1.82, 2.24) is 9.97 Å². The number of rotatable bonds is 3. The van der Waals surface area contributed by atoms with Crippen LogP contribution >= 0.6 is 35.8 Å². The minimum Gasteiger partial charge on any atom is -0.379 e. The Balaban J connectivity index is 0.00000240. The maximum atomic E-state index is 15.6. The smallest absolute Gasteiger partial charge is 0.293 e. The summed E-state index contributed by atoms with van der Waals surface area (Å²) >= 11 is 6.77. The molecule has 154 valence electrons. The van der Waals surface area contributed by atoms with E-state index in [4.69, 9.17) is 22.1 Å². The molecule has 7 nitrogen and oxygen atoms in total. The van der Waals surface area contributed by atoms with Crippen molar-refractivity contribution in [2.75, 3.05) is 24.3 Å². The molecule has 2 atom stereocenters. The van der Waals surface area contributed by atoms with Crippen molar-refractivity contribution in [3.05, 3.63) is 52.8 Å². The normalized spacial score (nSPS) is 25.6. The zero-order valence-electron chi connectivity index (χ0n) is 14.7. The van der Waals surface area contributed by atoms with Crippen LogP contribution in [0.2, 0.25) is 5.02 Å². The lowest BCUT2D eigenvalue weighted by Crippen LogP contribution is -2.52. The summed E-state index contributed by atoms with van der Waals surface area (Å²) in [7, 11) is 0. The second kappa shape index (κ2) is 8.02. The Morgan fingerprint density at radius 2 is 2.03 bits per heavy atom. The van der Waals surface area contributed by atoms with Crippen molar-refractivity contribution >= 4 is 52.5 Å². The van der Waals surface area contributed by atoms with E-state index in [1.54, 1.807) is 0 Å². The molecule has 3 N–H and O–H groups in total. The van der Waals surface area contributed by atoms with Gasteiger partial charge in [0.15, 0.2) is 16.4 Å². The molecule has 29 heavy (non-hydrogen) atoms. The molecule has 3 heterocycles. The first-order valence-electron chi connectivity index (χ1n) is 8.17. The number of amides is 1. The molecule has 0 aliphatic carbocycles. The van der Waals surface area contributed by atoms with E-state index in [0.29, 0.717) is 0 Å². The summed E-state index contributed by atoms with van der Waals surface area (Å²) in [4.78, 5) is 24.2. The minimum absolute atomic E-state index is 0. The van der Waals surface area contributed by atoms with Crippen molar-refractivity contribution in [2.45, 2.75) is 11.2 Å². The highest BCUT2D eigenvalue weighted by molar-refractivity contribution is 8.13. The zero-order valence-corrected chi connectivity index (χ0v) is 17.1. The third-order valence-electron chi connectivity index (χ3n) is 4.63. The molecule has 1 aromatic carbocycles. The van der Waals surface area contributed by atoms with Gasteiger partial charge >= 0.3 is 0 Å². The number of nitrogens with zero attached hydrogens (tertiary/aromatic N) is 3. The quantitative estimate of drug-likeness (QED) is 0.728. The fraction of sp³-hybridized carbons (Fsp3) is 0.294. The maximum Gasteiger partial charge on any atom is 0.293 e. The number of amidine groups is 1. The van der Waals surface area contributed by atoms with Crippen LogP contribution in [-0.4, -0.2) is 45.7 Å². The van der Waals surface area contributed by atoms with Crippen molar-refractivity contribution in [2.24, 2.45) is 10.7 Å². The maximum absolute atomic E-state index is 15.6. The Hall–Kier alpha value is -2.01. The van der Waals surface area contributed by atoms with Gasteiger partial charge in [-0.25, -0.2) is 23.7 Å². The molecule has 0 radical (unpaired) electrons. The third-order valence-corrected chi connectivity index (χ3v) is 5.81. The summed E-state index contributed by atoms with van der Waals surface area (Å²) in [6, 6.07) is 3.82. The lowest BCUT2D eigenvalue weighted by atomic mass is 9.79. The first kappa shape index (κ1) is 21.7. The van der Waals surface area contributed by atoms with E-state index in [2.05, 4.69) is 20.3 Å². The van der Waals surface area contributed by atoms with Gasteiger partial charge in [0.2, 0.25) is 5.82 Å². The van der Waals surface area contributed by atoms with Crippen LogP contribution in [0.5, 0.6) is 0 Å². The molecular formula is C17H15Cl2F2N5O2S. The number of aliphatic imine (C=N–C) groups is 1. The lowest BCUT2D eigenvalue weighted by molar-refractivity contribution is 0.101. The van der Waals surface area contributed by atoms with Gasteiger partial charge in [-0.1, -0.05) is 23.4 Å². The molecule has 0 spiro atoms. The Morgan fingerprint density at radius 1 is 1.31 bits per heavy atom. The average molecular weight is 462 g/mol. The SMILES string of the molecule is Cl.NC1=N[C@@]2(c3cc(NC(=O)c4ncc(Cl)cn4)ccc3F)COC[C@@]2(F)CS1. The predicted molar refractivity (Wildman–Crippen MR) is 109 cm³/mol. The number of hydrogen-bond donors (Lipinski definition) is 2. The van der Waals surface area contributed by atoms with E-state index in [1.807, 2.05) is 0 Å². The summed E-state index contributed by atoms with van der Waals surface area (Å²) in [5.41, 5.74) is 2.48. The Bertz CT molecular complexity index is 981. The highest BCUT2D eigenvalue weighted by Gasteiger charge is 2.61. The molecule has 0 saturated carbocycles. The van der Waals surface area contributed by atoms with Crippen molar-refractivity contribution in [1.29, 1.82) is 0 Å². The van der Waals surface area contributed by atoms with Gasteiger partial charge in [-0.05, 0) is 18.2 Å². The van der Waals surface area contributed by atoms with E-state index in [1.165, 1.54) is 24.5 Å². The van der Waals surface area contributed by atoms with Crippen molar-refractivity contribution in [3.8, 4) is 0 Å². The lowest BCUT2D eigenvalue weighted by Gasteiger charge is -2.38. The van der Waals surface area contributed by atoms with E-state index < -0.39 is 22.9 Å². The van der Waals surface area contributed by atoms with Crippen LogP contribution < -0.4 is 11.1 Å². The van der Waals surface area contributed by atoms with Crippen LogP contribution in [0, 0.1) is 5.82 Å². The number of ether oxygens (including phenoxy) is 1. The number of alkyl halides is 1. The van der Waals surface area contributed by atoms with Crippen LogP contribution in [0.25, 0.3) is 0 Å². The van der Waals surface area contributed by atoms with E-state index in [0.717, 1.165) is 17.8 Å². The average Bonchev–Trinajstić information content (AvgIpc) is 3.01. The Labute approximate surface area is 179 Å². The molecular weight excluding hydrogens is 447 g/mol. The van der Waals surface area contributed by atoms with Crippen molar-refractivity contribution in [3.63, 3.8) is 0 Å². The summed E-state index contributed by atoms with van der Waals surface area (Å²) in [6.07, 6.45) is 2.56. The number of anilines is 1. The number of hydrogen-bond acceptors (Lipinski definition) is 7. The number of thioether (sulfide) groups is 1. The number of carbonyl (C=O) groups excluding carboxylic acids is 1. The number of nitrogens with two attached hydrogens (primary N) is 1. The monoisotopic (exact) mass is 461 g/mol. The summed E-state index contributed by atoms with van der Waals surface area (Å²) in [5.74, 6) is -1.41. The van der Waals surface area contributed by atoms with E-state index in [9.17, 15) is 9.18 Å². The van der Waals surface area contributed by atoms with Crippen molar-refractivity contribution < 1.29 is 18.3 Å². The number of nitrogens with one attached hydrogen (secondary N) is 1. The number of aromatic nitrogens is 2. The van der Waals surface area contributed by atoms with Gasteiger partial charge in [-0.15, -0.1) is 12.4 Å². The van der Waals surface area contributed by atoms with Crippen LogP contribution in [0.3, 0.4) is 0 Å². The second-order valence-corrected chi connectivity index (χ2v) is 7.86. The molecule has 4 rings (SSSR count). The van der Waals surface area contributed by atoms with Crippen LogP contribution in [0.15, 0.2) is 35.6 Å². The highest BCUT2D eigenvalue weighted by Crippen LogP contribution is 2.50. The van der Waals surface area contributed by atoms with Gasteiger partial charge in [-0.3, -0.25) is 4.79 Å². The first-order chi connectivity index (χ1) is 13.3. The fourth-order valence-electron chi connectivity index (χ4n) is 3.23. The van der Waals surface area contributed by atoms with Crippen LogP contribution in [0.1, 0.15) is 16.2 Å². The summed E-state index contributed by atoms with van der Waals surface area (Å²) in [6.45, 7) is -0.370. The van der Waals surface area contributed by atoms with E-state index >= 15 is 4.39 Å². The van der Waals surface area contributed by atoms with Crippen LogP contribution in [0.4, 0.5) is 14.5 Å². The van der Waals surface area contributed by atoms with Gasteiger partial charge in [0.05, 0.1) is 18.2 Å². The van der Waals surface area contributed by atoms with Crippen LogP contribution in [-0.2, 0) is 10.3 Å². The van der Waals surface area contributed by atoms with Gasteiger partial charge < -0.3 is 15.8 Å². The number of benzene rings is 1. The molecule has 1 amide bonds. The topological polar surface area (TPSA) is 102 Å². The molecule has 1 fully saturated rings. The number of halogens is 4. The highest BCUT2D eigenvalue weighted by atomic mass is 35.5. The van der Waals surface area contributed by atoms with E-state index in [-0.39, 0.29) is 58.6 Å². The molecule has 2 aromatic rings. The van der Waals surface area contributed by atoms with Gasteiger partial charge in [0.1, 0.15) is 5.82 Å². The number of fused-ring (bicyclic) bond motifs is 1. The zero-order chi connectivity index (χ0) is 19.9. The second-order valence-electron chi connectivity index (χ2n) is 6.43. The third kappa shape index (κ3) is 3.77. The molecule has 0 bridgehead atoms. The standard InChI is InChI=1S/C17H14ClF2N5O2S.ClH/c18-9-4-22-13(23-5-9)14(26)24-10-1-2-12(19)11(3-10)17-7-27-6-16(17,20)8-28-15(21)25-17;/h1-5H,6-8H2,(H2,21,25)(H,24,26);1H/t16-,17-;/m1./s1. The molecule has 1 aromatic heterocycles. The summed E-state index contributed by atoms with van der Waals surface area (Å²) in [5, 5.41) is 3.00. The molecule has 2 aliphatic rings. The predicted octanol–water partition coefficient (Wildman–Crippen LogP) is 2.94. The Kier molecular flexibility index (Phi) is 6.00. The molecule has 0 unspecified atom stereocenters. The number of carbonyl (C=O) groups is 1. The molecule has 2 aliphatic heterocycles. The Morgan fingerprint density at radius 3 is 2.76 bits per heavy atom. The summed E-state index contributed by atoms with van der Waals surface area (Å²) < 4.78 is 35.6. The minimum atomic E-state index is -1.91. The van der Waals surface area contributed by atoms with Gasteiger partial charge in [0.25, 0.3) is 5.91 Å². The van der Waals surface area contributed by atoms with Gasteiger partial charge in [-0.2, -0.15) is 0 Å².